The minimum Gasteiger partial charge on any atom is -0.317 e. The lowest BCUT2D eigenvalue weighted by Gasteiger charge is -2.05. The molecule has 3 rings (SSSR count). The van der Waals surface area contributed by atoms with Crippen LogP contribution in [0, 0.1) is 0 Å². The molecule has 0 aromatic carbocycles. The Balaban J connectivity index is 2.35. The number of hydrogen-bond donors (Lipinski definition) is 0. The van der Waals surface area contributed by atoms with E-state index in [-0.39, 0.29) is 5.56 Å². The first-order valence-electron chi connectivity index (χ1n) is 5.31. The van der Waals surface area contributed by atoms with Crippen molar-refractivity contribution in [3.05, 3.63) is 39.0 Å². The normalized spacial score (nSPS) is 15.6. The molecule has 1 saturated carbocycles. The number of nitrogens with zero attached hydrogens (tertiary/aromatic N) is 2. The molecule has 0 saturated heterocycles. The van der Waals surface area contributed by atoms with Crippen molar-refractivity contribution in [3.8, 4) is 0 Å². The van der Waals surface area contributed by atoms with Crippen molar-refractivity contribution in [2.75, 3.05) is 0 Å². The highest BCUT2D eigenvalue weighted by Gasteiger charge is 2.25. The number of rotatable bonds is 1. The fraction of sp³-hybridized carbons (Fsp3) is 0.333. The summed E-state index contributed by atoms with van der Waals surface area (Å²) in [5.74, 6) is 0.611. The van der Waals surface area contributed by atoms with Crippen LogP contribution >= 0.6 is 15.9 Å². The second-order valence-electron chi connectivity index (χ2n) is 4.32. The molecule has 0 N–H and O–H groups in total. The lowest BCUT2D eigenvalue weighted by Crippen LogP contribution is -2.16. The van der Waals surface area contributed by atoms with Gasteiger partial charge in [-0.2, -0.15) is 0 Å². The average Bonchev–Trinajstić information content (AvgIpc) is 3.09. The van der Waals surface area contributed by atoms with Crippen molar-refractivity contribution < 1.29 is 0 Å². The van der Waals surface area contributed by atoms with Crippen molar-refractivity contribution >= 4 is 26.7 Å². The zero-order valence-electron chi connectivity index (χ0n) is 8.90. The van der Waals surface area contributed by atoms with E-state index < -0.39 is 0 Å². The van der Waals surface area contributed by atoms with Crippen molar-refractivity contribution in [2.45, 2.75) is 18.8 Å². The van der Waals surface area contributed by atoms with Crippen LogP contribution in [-0.2, 0) is 7.05 Å². The van der Waals surface area contributed by atoms with Gasteiger partial charge in [0, 0.05) is 40.9 Å². The molecule has 16 heavy (non-hydrogen) atoms. The largest absolute Gasteiger partial charge is 0.317 e. The van der Waals surface area contributed by atoms with Gasteiger partial charge in [0.05, 0.1) is 5.39 Å². The summed E-state index contributed by atoms with van der Waals surface area (Å²) in [6.45, 7) is 0. The predicted molar refractivity (Wildman–Crippen MR) is 66.7 cm³/mol. The fourth-order valence-corrected chi connectivity index (χ4v) is 2.57. The highest BCUT2D eigenvalue weighted by Crippen LogP contribution is 2.39. The number of aryl methyl sites for hydroxylation is 1. The van der Waals surface area contributed by atoms with E-state index in [4.69, 9.17) is 0 Å². The molecule has 0 unspecified atom stereocenters. The zero-order chi connectivity index (χ0) is 11.3. The summed E-state index contributed by atoms with van der Waals surface area (Å²) in [5.41, 5.74) is 1.12. The van der Waals surface area contributed by atoms with Gasteiger partial charge in [-0.05, 0) is 34.8 Å². The Morgan fingerprint density at radius 1 is 1.44 bits per heavy atom. The number of halogens is 1. The Labute approximate surface area is 101 Å². The standard InChI is InChI=1S/C12H11BrN2O/c1-15-6-10(13)8-4-11(7-2-3-7)14-5-9(8)12(15)16/h4-7H,2-3H2,1H3. The summed E-state index contributed by atoms with van der Waals surface area (Å²) in [6.07, 6.45) is 5.96. The molecule has 0 spiro atoms. The molecule has 0 amide bonds. The quantitative estimate of drug-likeness (QED) is 0.804. The summed E-state index contributed by atoms with van der Waals surface area (Å²) in [6, 6.07) is 2.04. The molecule has 2 aromatic rings. The highest BCUT2D eigenvalue weighted by molar-refractivity contribution is 9.10. The van der Waals surface area contributed by atoms with Crippen LogP contribution in [0.1, 0.15) is 24.5 Å². The molecule has 4 heteroatoms. The summed E-state index contributed by atoms with van der Waals surface area (Å²) in [7, 11) is 1.75. The van der Waals surface area contributed by atoms with Gasteiger partial charge in [-0.3, -0.25) is 9.78 Å². The first-order valence-corrected chi connectivity index (χ1v) is 6.11. The SMILES string of the molecule is Cn1cc(Br)c2cc(C3CC3)ncc2c1=O. The molecule has 1 aliphatic rings. The molecule has 1 aliphatic carbocycles. The smallest absolute Gasteiger partial charge is 0.259 e. The molecule has 0 atom stereocenters. The summed E-state index contributed by atoms with van der Waals surface area (Å²) in [4.78, 5) is 16.3. The Kier molecular flexibility index (Phi) is 2.14. The second-order valence-corrected chi connectivity index (χ2v) is 5.18. The van der Waals surface area contributed by atoms with Crippen molar-refractivity contribution in [3.63, 3.8) is 0 Å². The van der Waals surface area contributed by atoms with Crippen molar-refractivity contribution in [2.24, 2.45) is 7.05 Å². The third-order valence-electron chi connectivity index (χ3n) is 3.04. The average molecular weight is 279 g/mol. The number of aromatic nitrogens is 2. The predicted octanol–water partition coefficient (Wildman–Crippen LogP) is 2.57. The van der Waals surface area contributed by atoms with Gasteiger partial charge in [-0.25, -0.2) is 0 Å². The van der Waals surface area contributed by atoms with Crippen LogP contribution in [0.2, 0.25) is 0 Å². The van der Waals surface area contributed by atoms with Crippen LogP contribution in [0.15, 0.2) is 27.7 Å². The molecule has 82 valence electrons. The van der Waals surface area contributed by atoms with Crippen molar-refractivity contribution in [1.29, 1.82) is 0 Å². The molecule has 1 fully saturated rings. The Morgan fingerprint density at radius 3 is 2.88 bits per heavy atom. The van der Waals surface area contributed by atoms with Gasteiger partial charge in [0.15, 0.2) is 0 Å². The van der Waals surface area contributed by atoms with Gasteiger partial charge in [-0.15, -0.1) is 0 Å². The van der Waals surface area contributed by atoms with Crippen LogP contribution in [0.3, 0.4) is 0 Å². The van der Waals surface area contributed by atoms with Crippen LogP contribution in [0.4, 0.5) is 0 Å². The number of pyridine rings is 2. The number of hydrogen-bond acceptors (Lipinski definition) is 2. The van der Waals surface area contributed by atoms with E-state index in [0.29, 0.717) is 11.3 Å². The van der Waals surface area contributed by atoms with Crippen molar-refractivity contribution in [1.82, 2.24) is 9.55 Å². The first-order chi connectivity index (χ1) is 7.66. The molecular formula is C12H11BrN2O. The van der Waals surface area contributed by atoms with Gasteiger partial charge in [0.25, 0.3) is 5.56 Å². The van der Waals surface area contributed by atoms with Gasteiger partial charge < -0.3 is 4.57 Å². The molecule has 0 radical (unpaired) electrons. The maximum absolute atomic E-state index is 11.9. The van der Waals surface area contributed by atoms with Gasteiger partial charge in [0.1, 0.15) is 0 Å². The van der Waals surface area contributed by atoms with E-state index in [1.54, 1.807) is 24.0 Å². The molecule has 3 nitrogen and oxygen atoms in total. The molecule has 2 heterocycles. The zero-order valence-corrected chi connectivity index (χ0v) is 10.5. The minimum atomic E-state index is 0.00745. The lowest BCUT2D eigenvalue weighted by molar-refractivity contribution is 0.867. The molecule has 2 aromatic heterocycles. The second kappa shape index (κ2) is 3.42. The lowest BCUT2D eigenvalue weighted by atomic mass is 10.1. The van der Waals surface area contributed by atoms with Crippen LogP contribution in [0.25, 0.3) is 10.8 Å². The topological polar surface area (TPSA) is 34.9 Å². The Morgan fingerprint density at radius 2 is 2.19 bits per heavy atom. The van der Waals surface area contributed by atoms with Gasteiger partial charge in [0.2, 0.25) is 0 Å². The maximum atomic E-state index is 11.9. The van der Waals surface area contributed by atoms with Gasteiger partial charge in [-0.1, -0.05) is 0 Å². The molecule has 0 aliphatic heterocycles. The first kappa shape index (κ1) is 10.0. The van der Waals surface area contributed by atoms with Crippen LogP contribution < -0.4 is 5.56 Å². The molecule has 0 bridgehead atoms. The number of fused-ring (bicyclic) bond motifs is 1. The van der Waals surface area contributed by atoms with E-state index in [1.807, 2.05) is 6.07 Å². The minimum absolute atomic E-state index is 0.00745. The van der Waals surface area contributed by atoms with E-state index in [0.717, 1.165) is 15.6 Å². The van der Waals surface area contributed by atoms with E-state index in [9.17, 15) is 4.79 Å². The van der Waals surface area contributed by atoms with E-state index >= 15 is 0 Å². The van der Waals surface area contributed by atoms with E-state index in [2.05, 4.69) is 20.9 Å². The summed E-state index contributed by atoms with van der Waals surface area (Å²) in [5, 5.41) is 1.65. The van der Waals surface area contributed by atoms with Crippen LogP contribution in [-0.4, -0.2) is 9.55 Å². The van der Waals surface area contributed by atoms with E-state index in [1.165, 1.54) is 12.8 Å². The Bertz CT molecular complexity index is 629. The Hall–Kier alpha value is -1.16. The summed E-state index contributed by atoms with van der Waals surface area (Å²) < 4.78 is 2.53. The van der Waals surface area contributed by atoms with Crippen LogP contribution in [0.5, 0.6) is 0 Å². The monoisotopic (exact) mass is 278 g/mol. The maximum Gasteiger partial charge on any atom is 0.259 e. The third-order valence-corrected chi connectivity index (χ3v) is 3.67. The summed E-state index contributed by atoms with van der Waals surface area (Å²) >= 11 is 3.50. The third kappa shape index (κ3) is 1.48. The van der Waals surface area contributed by atoms with Gasteiger partial charge >= 0.3 is 0 Å². The fourth-order valence-electron chi connectivity index (χ4n) is 1.93. The molecular weight excluding hydrogens is 268 g/mol. The highest BCUT2D eigenvalue weighted by atomic mass is 79.9.